The summed E-state index contributed by atoms with van der Waals surface area (Å²) in [5.74, 6) is 0.0330. The molecule has 1 aromatic carbocycles. The zero-order chi connectivity index (χ0) is 17.3. The highest BCUT2D eigenvalue weighted by molar-refractivity contribution is 7.45. The molecule has 21 heavy (non-hydrogen) atoms. The highest BCUT2D eigenvalue weighted by atomic mass is 31.2. The van der Waals surface area contributed by atoms with E-state index in [0.717, 1.165) is 0 Å². The van der Waals surface area contributed by atoms with E-state index in [1.807, 2.05) is 0 Å². The average molecular weight is 326 g/mol. The van der Waals surface area contributed by atoms with Crippen LogP contribution < -0.4 is 5.73 Å². The number of nitrogens with zero attached hydrogens (tertiary/aromatic N) is 1. The zero-order valence-corrected chi connectivity index (χ0v) is 12.3. The predicted molar refractivity (Wildman–Crippen MR) is 74.4 cm³/mol. The van der Waals surface area contributed by atoms with Crippen LogP contribution in [0.3, 0.4) is 0 Å². The molecule has 0 amide bonds. The van der Waals surface area contributed by atoms with Crippen LogP contribution in [0.15, 0.2) is 24.3 Å². The molecular weight excluding hydrogens is 307 g/mol. The van der Waals surface area contributed by atoms with Gasteiger partial charge in [0, 0.05) is 17.7 Å². The normalized spacial score (nSPS) is 10.6. The first-order valence-corrected chi connectivity index (χ1v) is 6.94. The van der Waals surface area contributed by atoms with Gasteiger partial charge in [-0.15, -0.1) is 0 Å². The number of nitro groups is 1. The second-order valence-corrected chi connectivity index (χ2v) is 5.46. The van der Waals surface area contributed by atoms with Crippen molar-refractivity contribution < 1.29 is 34.4 Å². The quantitative estimate of drug-likeness (QED) is 0.248. The summed E-state index contributed by atoms with van der Waals surface area (Å²) >= 11 is 0. The van der Waals surface area contributed by atoms with Gasteiger partial charge in [-0.2, -0.15) is 0 Å². The third-order valence-electron chi connectivity index (χ3n) is 1.47. The highest BCUT2D eigenvalue weighted by Crippen LogP contribution is 2.25. The van der Waals surface area contributed by atoms with Crippen LogP contribution in [0.25, 0.3) is 0 Å². The lowest BCUT2D eigenvalue weighted by Gasteiger charge is -2.12. The molecule has 0 saturated carbocycles. The van der Waals surface area contributed by atoms with E-state index in [1.54, 1.807) is 13.8 Å². The largest absolute Gasteiger partial charge is 0.508 e. The van der Waals surface area contributed by atoms with Crippen LogP contribution in [0.5, 0.6) is 5.75 Å². The van der Waals surface area contributed by atoms with Crippen molar-refractivity contribution in [2.75, 3.05) is 6.61 Å². The van der Waals surface area contributed by atoms with Gasteiger partial charge in [0.2, 0.25) is 0 Å². The first-order chi connectivity index (χ1) is 9.26. The topological polar surface area (TPSA) is 187 Å². The maximum absolute atomic E-state index is 10.0. The molecule has 0 radical (unpaired) electrons. The van der Waals surface area contributed by atoms with Crippen molar-refractivity contribution in [2.45, 2.75) is 19.4 Å². The Hall–Kier alpha value is -1.55. The minimum absolute atomic E-state index is 0.0159. The van der Waals surface area contributed by atoms with Gasteiger partial charge < -0.3 is 30.6 Å². The van der Waals surface area contributed by atoms with Crippen LogP contribution in [0.1, 0.15) is 13.8 Å². The molecule has 1 aromatic rings. The van der Waals surface area contributed by atoms with Gasteiger partial charge in [0.25, 0.3) is 5.69 Å². The Bertz CT molecular complexity index is 457. The van der Waals surface area contributed by atoms with E-state index < -0.39 is 18.3 Å². The van der Waals surface area contributed by atoms with Crippen LogP contribution in [-0.2, 0) is 4.57 Å². The number of aliphatic hydroxyl groups excluding tert-OH is 1. The SMILES string of the molecule is CC(C)(N)CO.O=P(O)(O)O.O=[N+]([O-])c1ccc(O)cc1. The van der Waals surface area contributed by atoms with Gasteiger partial charge in [-0.25, -0.2) is 4.57 Å². The van der Waals surface area contributed by atoms with E-state index in [4.69, 9.17) is 35.2 Å². The van der Waals surface area contributed by atoms with Gasteiger partial charge in [0.1, 0.15) is 5.75 Å². The van der Waals surface area contributed by atoms with Crippen LogP contribution in [0.2, 0.25) is 0 Å². The fourth-order valence-electron chi connectivity index (χ4n) is 0.574. The van der Waals surface area contributed by atoms with E-state index in [-0.39, 0.29) is 18.0 Å². The lowest BCUT2D eigenvalue weighted by atomic mass is 10.1. The summed E-state index contributed by atoms with van der Waals surface area (Å²) in [7, 11) is -4.64. The maximum atomic E-state index is 10.0. The Morgan fingerprint density at radius 2 is 1.52 bits per heavy atom. The summed E-state index contributed by atoms with van der Waals surface area (Å²) in [5, 5.41) is 27.0. The van der Waals surface area contributed by atoms with Crippen LogP contribution in [0, 0.1) is 10.1 Å². The number of hydrogen-bond donors (Lipinski definition) is 6. The second-order valence-electron chi connectivity index (χ2n) is 4.43. The molecule has 0 aromatic heterocycles. The van der Waals surface area contributed by atoms with E-state index in [1.165, 1.54) is 24.3 Å². The zero-order valence-electron chi connectivity index (χ0n) is 11.4. The first kappa shape index (κ1) is 21.7. The van der Waals surface area contributed by atoms with E-state index in [9.17, 15) is 10.1 Å². The van der Waals surface area contributed by atoms with E-state index in [0.29, 0.717) is 0 Å². The molecule has 0 heterocycles. The predicted octanol–water partition coefficient (Wildman–Crippen LogP) is 0.0878. The number of nitro benzene ring substituents is 1. The van der Waals surface area contributed by atoms with Crippen molar-refractivity contribution in [1.29, 1.82) is 0 Å². The maximum Gasteiger partial charge on any atom is 0.466 e. The van der Waals surface area contributed by atoms with Crippen molar-refractivity contribution in [3.63, 3.8) is 0 Å². The average Bonchev–Trinajstić information content (AvgIpc) is 2.27. The Kier molecular flexibility index (Phi) is 9.73. The molecule has 0 aliphatic heterocycles. The van der Waals surface area contributed by atoms with Gasteiger partial charge in [-0.05, 0) is 26.0 Å². The molecule has 0 aliphatic carbocycles. The van der Waals surface area contributed by atoms with Gasteiger partial charge in [0.05, 0.1) is 11.5 Å². The molecule has 0 aliphatic rings. The number of non-ortho nitro benzene ring substituents is 1. The Balaban J connectivity index is 0. The van der Waals surface area contributed by atoms with E-state index >= 15 is 0 Å². The smallest absolute Gasteiger partial charge is 0.466 e. The van der Waals surface area contributed by atoms with Gasteiger partial charge >= 0.3 is 7.82 Å². The number of hydrogen-bond acceptors (Lipinski definition) is 6. The lowest BCUT2D eigenvalue weighted by Crippen LogP contribution is -2.35. The third-order valence-corrected chi connectivity index (χ3v) is 1.47. The monoisotopic (exact) mass is 326 g/mol. The summed E-state index contributed by atoms with van der Waals surface area (Å²) in [6.07, 6.45) is 0. The number of rotatable bonds is 2. The fourth-order valence-corrected chi connectivity index (χ4v) is 0.574. The summed E-state index contributed by atoms with van der Waals surface area (Å²) in [6, 6.07) is 5.04. The fraction of sp³-hybridized carbons (Fsp3) is 0.400. The number of nitrogens with two attached hydrogens (primary N) is 1. The second kappa shape index (κ2) is 9.40. The number of phosphoric acid groups is 1. The summed E-state index contributed by atoms with van der Waals surface area (Å²) in [4.78, 5) is 31.1. The molecule has 0 spiro atoms. The highest BCUT2D eigenvalue weighted by Gasteiger charge is 2.05. The molecule has 0 atom stereocenters. The van der Waals surface area contributed by atoms with Crippen molar-refractivity contribution in [3.05, 3.63) is 34.4 Å². The van der Waals surface area contributed by atoms with Crippen molar-refractivity contribution in [2.24, 2.45) is 5.73 Å². The van der Waals surface area contributed by atoms with Gasteiger partial charge in [0.15, 0.2) is 0 Å². The minimum atomic E-state index is -4.64. The van der Waals surface area contributed by atoms with Crippen molar-refractivity contribution in [1.82, 2.24) is 0 Å². The summed E-state index contributed by atoms with van der Waals surface area (Å²) in [5.41, 5.74) is 4.87. The summed E-state index contributed by atoms with van der Waals surface area (Å²) < 4.78 is 8.88. The minimum Gasteiger partial charge on any atom is -0.508 e. The first-order valence-electron chi connectivity index (χ1n) is 5.37. The van der Waals surface area contributed by atoms with Crippen LogP contribution in [0.4, 0.5) is 5.69 Å². The number of benzene rings is 1. The standard InChI is InChI=1S/C6H5NO3.C4H11NO.H3O4P/c8-6-3-1-5(2-4-6)7(9)10;1-4(2,5)3-6;1-5(2,3)4/h1-4,8H;6H,3,5H2,1-2H3;(H3,1,2,3,4). The molecule has 0 saturated heterocycles. The molecule has 10 nitrogen and oxygen atoms in total. The van der Waals surface area contributed by atoms with Gasteiger partial charge in [-0.1, -0.05) is 0 Å². The molecule has 122 valence electrons. The molecule has 0 bridgehead atoms. The Labute approximate surface area is 120 Å². The molecule has 7 N–H and O–H groups in total. The molecule has 11 heteroatoms. The van der Waals surface area contributed by atoms with Crippen molar-refractivity contribution in [3.8, 4) is 5.75 Å². The molecule has 0 fully saturated rings. The number of phenolic OH excluding ortho intramolecular Hbond substituents is 1. The third kappa shape index (κ3) is 20.9. The number of aromatic hydroxyl groups is 1. The van der Waals surface area contributed by atoms with Crippen molar-refractivity contribution >= 4 is 13.5 Å². The Morgan fingerprint density at radius 1 is 1.24 bits per heavy atom. The lowest BCUT2D eigenvalue weighted by molar-refractivity contribution is -0.384. The number of phenols is 1. The van der Waals surface area contributed by atoms with Crippen LogP contribution >= 0.6 is 7.82 Å². The van der Waals surface area contributed by atoms with Crippen LogP contribution in [-0.4, -0.2) is 42.0 Å². The Morgan fingerprint density at radius 3 is 1.71 bits per heavy atom. The summed E-state index contributed by atoms with van der Waals surface area (Å²) in [6.45, 7) is 3.59. The molecular formula is C10H19N2O8P. The van der Waals surface area contributed by atoms with E-state index in [2.05, 4.69) is 0 Å². The molecule has 1 rings (SSSR count). The van der Waals surface area contributed by atoms with Gasteiger partial charge in [-0.3, -0.25) is 10.1 Å². The molecule has 0 unspecified atom stereocenters. The number of aliphatic hydroxyl groups is 1.